The lowest BCUT2D eigenvalue weighted by Gasteiger charge is -2.15. The molecule has 0 spiro atoms. The van der Waals surface area contributed by atoms with Crippen molar-refractivity contribution in [1.82, 2.24) is 5.32 Å². The van der Waals surface area contributed by atoms with E-state index in [0.717, 1.165) is 11.4 Å². The van der Waals surface area contributed by atoms with Crippen LogP contribution in [0.5, 0.6) is 0 Å². The maximum atomic E-state index is 12.0. The molecule has 6 nitrogen and oxygen atoms in total. The minimum absolute atomic E-state index is 0.0275. The summed E-state index contributed by atoms with van der Waals surface area (Å²) in [5, 5.41) is 2.66. The van der Waals surface area contributed by atoms with E-state index in [4.69, 9.17) is 13.8 Å². The molecule has 0 aromatic heterocycles. The number of carbonyl (C=O) groups is 1. The molecule has 0 saturated carbocycles. The number of rotatable bonds is 8. The van der Waals surface area contributed by atoms with Crippen molar-refractivity contribution in [1.29, 1.82) is 0 Å². The SMILES string of the molecule is COP(=O)(OC)SCCNC(=O)OCC1c2ccccc2-c2ccccc21. The van der Waals surface area contributed by atoms with E-state index in [1.807, 2.05) is 24.3 Å². The fourth-order valence-corrected chi connectivity index (χ4v) is 5.49. The lowest BCUT2D eigenvalue weighted by molar-refractivity contribution is 0.143. The number of amides is 1. The molecule has 0 fully saturated rings. The molecule has 144 valence electrons. The summed E-state index contributed by atoms with van der Waals surface area (Å²) in [5.41, 5.74) is 4.72. The van der Waals surface area contributed by atoms with Crippen LogP contribution >= 0.6 is 18.2 Å². The van der Waals surface area contributed by atoms with Crippen LogP contribution in [-0.2, 0) is 18.3 Å². The fraction of sp³-hybridized carbons (Fsp3) is 0.316. The van der Waals surface area contributed by atoms with E-state index in [1.165, 1.54) is 36.5 Å². The Hall–Kier alpha value is -1.79. The molecule has 8 heteroatoms. The minimum atomic E-state index is -3.12. The Morgan fingerprint density at radius 3 is 2.15 bits per heavy atom. The Bertz CT molecular complexity index is 806. The lowest BCUT2D eigenvalue weighted by Crippen LogP contribution is -2.28. The molecule has 0 saturated heterocycles. The third-order valence-electron chi connectivity index (χ3n) is 4.41. The topological polar surface area (TPSA) is 73.9 Å². The average molecular weight is 407 g/mol. The van der Waals surface area contributed by atoms with Gasteiger partial charge in [-0.1, -0.05) is 48.5 Å². The van der Waals surface area contributed by atoms with Gasteiger partial charge in [0.1, 0.15) is 6.61 Å². The number of nitrogens with one attached hydrogen (secondary N) is 1. The highest BCUT2D eigenvalue weighted by Gasteiger charge is 2.29. The Morgan fingerprint density at radius 1 is 1.04 bits per heavy atom. The molecule has 0 bridgehead atoms. The first kappa shape index (κ1) is 20.0. The van der Waals surface area contributed by atoms with Crippen LogP contribution in [0.2, 0.25) is 0 Å². The second-order valence-electron chi connectivity index (χ2n) is 5.90. The van der Waals surface area contributed by atoms with Crippen molar-refractivity contribution in [3.8, 4) is 11.1 Å². The number of hydrogen-bond donors (Lipinski definition) is 1. The van der Waals surface area contributed by atoms with E-state index in [-0.39, 0.29) is 12.5 Å². The van der Waals surface area contributed by atoms with Gasteiger partial charge in [-0.2, -0.15) is 0 Å². The highest BCUT2D eigenvalue weighted by molar-refractivity contribution is 8.55. The summed E-state index contributed by atoms with van der Waals surface area (Å²) in [5.74, 6) is 0.420. The number of carbonyl (C=O) groups excluding carboxylic acids is 1. The van der Waals surface area contributed by atoms with Gasteiger partial charge < -0.3 is 19.1 Å². The fourth-order valence-electron chi connectivity index (χ4n) is 3.14. The van der Waals surface area contributed by atoms with Crippen molar-refractivity contribution >= 4 is 24.3 Å². The van der Waals surface area contributed by atoms with Gasteiger partial charge >= 0.3 is 12.9 Å². The third kappa shape index (κ3) is 4.55. The Labute approximate surface area is 162 Å². The maximum absolute atomic E-state index is 12.0. The van der Waals surface area contributed by atoms with E-state index in [9.17, 15) is 9.36 Å². The minimum Gasteiger partial charge on any atom is -0.449 e. The molecule has 3 rings (SSSR count). The first-order valence-electron chi connectivity index (χ1n) is 8.53. The second kappa shape index (κ2) is 8.93. The molecule has 0 aliphatic heterocycles. The number of ether oxygens (including phenoxy) is 1. The quantitative estimate of drug-likeness (QED) is 0.507. The molecule has 1 aliphatic rings. The van der Waals surface area contributed by atoms with Gasteiger partial charge in [0.2, 0.25) is 0 Å². The standard InChI is InChI=1S/C19H22NO5PS/c1-23-26(22,24-2)27-12-11-20-19(21)25-13-18-16-9-5-3-7-14(16)15-8-4-6-10-17(15)18/h3-10,18H,11-13H2,1-2H3,(H,20,21). The van der Waals surface area contributed by atoms with Crippen LogP contribution < -0.4 is 5.32 Å². The zero-order valence-corrected chi connectivity index (χ0v) is 16.9. The van der Waals surface area contributed by atoms with Crippen LogP contribution in [0.1, 0.15) is 17.0 Å². The van der Waals surface area contributed by atoms with Gasteiger partial charge in [-0.15, -0.1) is 0 Å². The summed E-state index contributed by atoms with van der Waals surface area (Å²) in [4.78, 5) is 12.0. The van der Waals surface area contributed by atoms with Crippen LogP contribution in [0.15, 0.2) is 48.5 Å². The molecule has 0 unspecified atom stereocenters. The van der Waals surface area contributed by atoms with E-state index in [1.54, 1.807) is 0 Å². The van der Waals surface area contributed by atoms with Crippen LogP contribution in [0.4, 0.5) is 4.79 Å². The van der Waals surface area contributed by atoms with Gasteiger partial charge in [-0.25, -0.2) is 9.36 Å². The Morgan fingerprint density at radius 2 is 1.59 bits per heavy atom. The zero-order chi connectivity index (χ0) is 19.3. The number of benzene rings is 2. The van der Waals surface area contributed by atoms with Crippen molar-refractivity contribution in [2.45, 2.75) is 5.92 Å². The summed E-state index contributed by atoms with van der Waals surface area (Å²) in [6.07, 6.45) is -0.498. The maximum Gasteiger partial charge on any atom is 0.407 e. The molecule has 1 aliphatic carbocycles. The number of hydrogen-bond acceptors (Lipinski definition) is 6. The van der Waals surface area contributed by atoms with Gasteiger partial charge in [0, 0.05) is 32.4 Å². The van der Waals surface area contributed by atoms with Crippen molar-refractivity contribution < 1.29 is 23.1 Å². The number of fused-ring (bicyclic) bond motifs is 3. The summed E-state index contributed by atoms with van der Waals surface area (Å²) in [6.45, 7) is -2.55. The summed E-state index contributed by atoms with van der Waals surface area (Å²) < 4.78 is 27.0. The third-order valence-corrected chi connectivity index (χ3v) is 8.40. The summed E-state index contributed by atoms with van der Waals surface area (Å²) in [6, 6.07) is 16.4. The number of alkyl carbamates (subject to hydrolysis) is 1. The molecule has 2 aromatic rings. The van der Waals surface area contributed by atoms with E-state index < -0.39 is 12.9 Å². The molecule has 0 atom stereocenters. The molecule has 1 N–H and O–H groups in total. The van der Waals surface area contributed by atoms with Crippen LogP contribution in [-0.4, -0.2) is 39.2 Å². The van der Waals surface area contributed by atoms with Crippen LogP contribution in [0.25, 0.3) is 11.1 Å². The summed E-state index contributed by atoms with van der Waals surface area (Å²) in [7, 11) is 2.66. The van der Waals surface area contributed by atoms with Crippen molar-refractivity contribution in [3.05, 3.63) is 59.7 Å². The molecule has 0 heterocycles. The summed E-state index contributed by atoms with van der Waals surface area (Å²) >= 11 is 1.03. The van der Waals surface area contributed by atoms with Gasteiger partial charge in [-0.3, -0.25) is 0 Å². The first-order valence-corrected chi connectivity index (χ1v) is 11.7. The monoisotopic (exact) mass is 407 g/mol. The molecular formula is C19H22NO5PS. The average Bonchev–Trinajstić information content (AvgIpc) is 3.03. The highest BCUT2D eigenvalue weighted by atomic mass is 32.7. The Balaban J connectivity index is 1.53. The smallest absolute Gasteiger partial charge is 0.407 e. The molecule has 0 radical (unpaired) electrons. The predicted molar refractivity (Wildman–Crippen MR) is 107 cm³/mol. The highest BCUT2D eigenvalue weighted by Crippen LogP contribution is 2.58. The van der Waals surface area contributed by atoms with E-state index in [0.29, 0.717) is 12.3 Å². The van der Waals surface area contributed by atoms with E-state index in [2.05, 4.69) is 29.6 Å². The zero-order valence-electron chi connectivity index (χ0n) is 15.2. The van der Waals surface area contributed by atoms with Crippen molar-refractivity contribution in [2.24, 2.45) is 0 Å². The normalized spacial score (nSPS) is 13.1. The molecule has 27 heavy (non-hydrogen) atoms. The largest absolute Gasteiger partial charge is 0.449 e. The first-order chi connectivity index (χ1) is 13.1. The van der Waals surface area contributed by atoms with Crippen molar-refractivity contribution in [2.75, 3.05) is 33.1 Å². The molecule has 2 aromatic carbocycles. The lowest BCUT2D eigenvalue weighted by atomic mass is 9.98. The Kier molecular flexibility index (Phi) is 6.60. The second-order valence-corrected chi connectivity index (χ2v) is 10.3. The van der Waals surface area contributed by atoms with Crippen LogP contribution in [0.3, 0.4) is 0 Å². The van der Waals surface area contributed by atoms with Crippen LogP contribution in [0, 0.1) is 0 Å². The molecular weight excluding hydrogens is 385 g/mol. The van der Waals surface area contributed by atoms with Gasteiger partial charge in [0.25, 0.3) is 0 Å². The van der Waals surface area contributed by atoms with E-state index >= 15 is 0 Å². The van der Waals surface area contributed by atoms with Gasteiger partial charge in [-0.05, 0) is 33.6 Å². The van der Waals surface area contributed by atoms with Gasteiger partial charge in [0.15, 0.2) is 0 Å². The van der Waals surface area contributed by atoms with Gasteiger partial charge in [0.05, 0.1) is 0 Å². The predicted octanol–water partition coefficient (Wildman–Crippen LogP) is 4.66. The molecule has 1 amide bonds. The van der Waals surface area contributed by atoms with Crippen molar-refractivity contribution in [3.63, 3.8) is 0 Å².